The number of nitrogens with zero attached hydrogens (tertiary/aromatic N) is 1. The van der Waals surface area contributed by atoms with Crippen LogP contribution in [-0.4, -0.2) is 11.5 Å². The summed E-state index contributed by atoms with van der Waals surface area (Å²) in [5, 5.41) is 3.62. The molecular formula is C14H18N2S2. The second kappa shape index (κ2) is 5.51. The van der Waals surface area contributed by atoms with Crippen LogP contribution in [0.1, 0.15) is 39.6 Å². The standard InChI is InChI=1S/C14H18N2S2/c1-2-16-12(7-11-8-15-9-17-11)14-6-10-4-3-5-13(10)18-14/h6,8-9,12,16H,2-5,7H2,1H3. The van der Waals surface area contributed by atoms with Crippen LogP contribution in [0.2, 0.25) is 0 Å². The average Bonchev–Trinajstić information content (AvgIpc) is 3.04. The third kappa shape index (κ3) is 2.51. The molecule has 1 unspecified atom stereocenters. The maximum Gasteiger partial charge on any atom is 0.0794 e. The van der Waals surface area contributed by atoms with Crippen molar-refractivity contribution in [2.45, 2.75) is 38.6 Å². The van der Waals surface area contributed by atoms with Crippen LogP contribution in [0.4, 0.5) is 0 Å². The fourth-order valence-electron chi connectivity index (χ4n) is 2.59. The summed E-state index contributed by atoms with van der Waals surface area (Å²) >= 11 is 3.77. The van der Waals surface area contributed by atoms with Crippen molar-refractivity contribution in [2.75, 3.05) is 6.54 Å². The zero-order valence-corrected chi connectivity index (χ0v) is 12.2. The summed E-state index contributed by atoms with van der Waals surface area (Å²) in [4.78, 5) is 8.67. The summed E-state index contributed by atoms with van der Waals surface area (Å²) < 4.78 is 0. The lowest BCUT2D eigenvalue weighted by atomic mass is 10.1. The maximum absolute atomic E-state index is 4.17. The van der Waals surface area contributed by atoms with Gasteiger partial charge in [-0.15, -0.1) is 22.7 Å². The Morgan fingerprint density at radius 1 is 1.44 bits per heavy atom. The number of aryl methyl sites for hydroxylation is 2. The molecule has 0 bridgehead atoms. The highest BCUT2D eigenvalue weighted by molar-refractivity contribution is 7.12. The molecule has 0 radical (unpaired) electrons. The molecule has 0 amide bonds. The van der Waals surface area contributed by atoms with Crippen LogP contribution < -0.4 is 5.32 Å². The molecular weight excluding hydrogens is 260 g/mol. The summed E-state index contributed by atoms with van der Waals surface area (Å²) in [7, 11) is 0. The Labute approximate surface area is 116 Å². The molecule has 0 saturated heterocycles. The molecule has 3 rings (SSSR count). The van der Waals surface area contributed by atoms with Crippen LogP contribution in [0, 0.1) is 0 Å². The molecule has 4 heteroatoms. The topological polar surface area (TPSA) is 24.9 Å². The van der Waals surface area contributed by atoms with E-state index in [1.165, 1.54) is 29.0 Å². The van der Waals surface area contributed by atoms with Gasteiger partial charge in [0.05, 0.1) is 5.51 Å². The normalized spacial score (nSPS) is 15.8. The summed E-state index contributed by atoms with van der Waals surface area (Å²) in [5.41, 5.74) is 3.52. The third-order valence-electron chi connectivity index (χ3n) is 3.45. The van der Waals surface area contributed by atoms with E-state index in [1.54, 1.807) is 21.8 Å². The van der Waals surface area contributed by atoms with Gasteiger partial charge in [-0.25, -0.2) is 0 Å². The second-order valence-corrected chi connectivity index (χ2v) is 6.87. The van der Waals surface area contributed by atoms with Crippen molar-refractivity contribution in [1.29, 1.82) is 0 Å². The number of aromatic nitrogens is 1. The highest BCUT2D eigenvalue weighted by atomic mass is 32.1. The number of thiophene rings is 1. The Morgan fingerprint density at radius 2 is 2.39 bits per heavy atom. The Bertz CT molecular complexity index is 480. The molecule has 2 nitrogen and oxygen atoms in total. The summed E-state index contributed by atoms with van der Waals surface area (Å²) in [6, 6.07) is 2.90. The van der Waals surface area contributed by atoms with Crippen LogP contribution in [0.15, 0.2) is 17.8 Å². The lowest BCUT2D eigenvalue weighted by molar-refractivity contribution is 0.561. The van der Waals surface area contributed by atoms with Gasteiger partial charge >= 0.3 is 0 Å². The van der Waals surface area contributed by atoms with Gasteiger partial charge in [-0.05, 0) is 37.4 Å². The SMILES string of the molecule is CCNC(Cc1cncs1)c1cc2c(s1)CCC2. The summed E-state index contributed by atoms with van der Waals surface area (Å²) in [6.07, 6.45) is 6.99. The fourth-order valence-corrected chi connectivity index (χ4v) is 4.56. The molecule has 2 aromatic heterocycles. The minimum atomic E-state index is 0.464. The number of rotatable bonds is 5. The maximum atomic E-state index is 4.17. The first-order valence-corrected chi connectivity index (χ1v) is 8.28. The first-order chi connectivity index (χ1) is 8.86. The lowest BCUT2D eigenvalue weighted by Crippen LogP contribution is -2.21. The summed E-state index contributed by atoms with van der Waals surface area (Å²) in [5.74, 6) is 0. The van der Waals surface area contributed by atoms with E-state index in [0.29, 0.717) is 6.04 Å². The van der Waals surface area contributed by atoms with Crippen LogP contribution >= 0.6 is 22.7 Å². The number of thiazole rings is 1. The van der Waals surface area contributed by atoms with Gasteiger partial charge in [-0.2, -0.15) is 0 Å². The first-order valence-electron chi connectivity index (χ1n) is 6.59. The highest BCUT2D eigenvalue weighted by Gasteiger charge is 2.20. The number of likely N-dealkylation sites (N-methyl/N-ethyl adjacent to an activating group) is 1. The van der Waals surface area contributed by atoms with Crippen LogP contribution in [0.3, 0.4) is 0 Å². The van der Waals surface area contributed by atoms with Crippen LogP contribution in [0.25, 0.3) is 0 Å². The van der Waals surface area contributed by atoms with Crippen LogP contribution in [-0.2, 0) is 19.3 Å². The second-order valence-electron chi connectivity index (χ2n) is 4.73. The quantitative estimate of drug-likeness (QED) is 0.904. The number of nitrogens with one attached hydrogen (secondary N) is 1. The molecule has 0 saturated carbocycles. The van der Waals surface area contributed by atoms with E-state index in [0.717, 1.165) is 13.0 Å². The number of hydrogen-bond donors (Lipinski definition) is 1. The molecule has 18 heavy (non-hydrogen) atoms. The molecule has 2 heterocycles. The van der Waals surface area contributed by atoms with Gasteiger partial charge in [-0.1, -0.05) is 6.92 Å². The molecule has 2 aromatic rings. The van der Waals surface area contributed by atoms with Crippen molar-refractivity contribution in [3.05, 3.63) is 38.0 Å². The zero-order chi connectivity index (χ0) is 12.4. The van der Waals surface area contributed by atoms with E-state index in [-0.39, 0.29) is 0 Å². The molecule has 0 aliphatic heterocycles. The van der Waals surface area contributed by atoms with E-state index in [1.807, 2.05) is 23.0 Å². The van der Waals surface area contributed by atoms with Crippen molar-refractivity contribution >= 4 is 22.7 Å². The molecule has 96 valence electrons. The minimum absolute atomic E-state index is 0.464. The van der Waals surface area contributed by atoms with E-state index in [2.05, 4.69) is 23.3 Å². The van der Waals surface area contributed by atoms with Gasteiger partial charge in [0.25, 0.3) is 0 Å². The van der Waals surface area contributed by atoms with Gasteiger partial charge in [0.1, 0.15) is 0 Å². The molecule has 1 N–H and O–H groups in total. The van der Waals surface area contributed by atoms with Crippen LogP contribution in [0.5, 0.6) is 0 Å². The molecule has 0 spiro atoms. The Kier molecular flexibility index (Phi) is 3.77. The predicted molar refractivity (Wildman–Crippen MR) is 78.6 cm³/mol. The van der Waals surface area contributed by atoms with Gasteiger partial charge in [0.15, 0.2) is 0 Å². The van der Waals surface area contributed by atoms with Crippen molar-refractivity contribution in [1.82, 2.24) is 10.3 Å². The van der Waals surface area contributed by atoms with Crippen molar-refractivity contribution in [3.8, 4) is 0 Å². The Morgan fingerprint density at radius 3 is 3.11 bits per heavy atom. The molecule has 0 aromatic carbocycles. The Balaban J connectivity index is 1.79. The van der Waals surface area contributed by atoms with E-state index < -0.39 is 0 Å². The minimum Gasteiger partial charge on any atom is -0.309 e. The highest BCUT2D eigenvalue weighted by Crippen LogP contribution is 2.35. The number of hydrogen-bond acceptors (Lipinski definition) is 4. The van der Waals surface area contributed by atoms with Crippen molar-refractivity contribution in [2.24, 2.45) is 0 Å². The first kappa shape index (κ1) is 12.3. The number of fused-ring (bicyclic) bond motifs is 1. The molecule has 1 atom stereocenters. The smallest absolute Gasteiger partial charge is 0.0794 e. The molecule has 1 aliphatic rings. The van der Waals surface area contributed by atoms with Gasteiger partial charge in [0.2, 0.25) is 0 Å². The summed E-state index contributed by atoms with van der Waals surface area (Å²) in [6.45, 7) is 3.20. The van der Waals surface area contributed by atoms with E-state index in [4.69, 9.17) is 0 Å². The van der Waals surface area contributed by atoms with Crippen molar-refractivity contribution in [3.63, 3.8) is 0 Å². The van der Waals surface area contributed by atoms with Gasteiger partial charge in [-0.3, -0.25) is 4.98 Å². The predicted octanol–water partition coefficient (Wildman–Crippen LogP) is 3.59. The van der Waals surface area contributed by atoms with Gasteiger partial charge < -0.3 is 5.32 Å². The van der Waals surface area contributed by atoms with E-state index in [9.17, 15) is 0 Å². The molecule has 1 aliphatic carbocycles. The lowest BCUT2D eigenvalue weighted by Gasteiger charge is -2.15. The van der Waals surface area contributed by atoms with Gasteiger partial charge in [0, 0.05) is 33.3 Å². The third-order valence-corrected chi connectivity index (χ3v) is 5.60. The Hall–Kier alpha value is -0.710. The van der Waals surface area contributed by atoms with E-state index >= 15 is 0 Å². The fraction of sp³-hybridized carbons (Fsp3) is 0.500. The largest absolute Gasteiger partial charge is 0.309 e. The zero-order valence-electron chi connectivity index (χ0n) is 10.6. The average molecular weight is 278 g/mol. The molecule has 0 fully saturated rings. The monoisotopic (exact) mass is 278 g/mol. The van der Waals surface area contributed by atoms with Crippen molar-refractivity contribution < 1.29 is 0 Å².